The molecule has 0 saturated heterocycles. The van der Waals surface area contributed by atoms with Crippen LogP contribution in [0.15, 0.2) is 36.5 Å². The van der Waals surface area contributed by atoms with Crippen molar-refractivity contribution in [2.45, 2.75) is 13.5 Å². The molecule has 0 aliphatic carbocycles. The number of hydrogen-bond acceptors (Lipinski definition) is 3. The molecule has 0 aliphatic rings. The SMILES string of the molecule is CCOC(=O)c1cccn1Cc1cc(F)ccc1C#N. The number of rotatable bonds is 4. The van der Waals surface area contributed by atoms with Crippen LogP contribution in [0.5, 0.6) is 0 Å². The first-order valence-electron chi connectivity index (χ1n) is 6.16. The van der Waals surface area contributed by atoms with Gasteiger partial charge in [0, 0.05) is 12.7 Å². The monoisotopic (exact) mass is 272 g/mol. The molecular formula is C15H13FN2O2. The zero-order valence-electron chi connectivity index (χ0n) is 11.0. The van der Waals surface area contributed by atoms with Gasteiger partial charge in [-0.05, 0) is 42.8 Å². The number of aromatic nitrogens is 1. The number of hydrogen-bond donors (Lipinski definition) is 0. The van der Waals surface area contributed by atoms with E-state index in [2.05, 4.69) is 0 Å². The molecule has 0 spiro atoms. The van der Waals surface area contributed by atoms with Crippen molar-refractivity contribution < 1.29 is 13.9 Å². The average Bonchev–Trinajstić information content (AvgIpc) is 2.87. The quantitative estimate of drug-likeness (QED) is 0.804. The number of halogens is 1. The summed E-state index contributed by atoms with van der Waals surface area (Å²) in [7, 11) is 0. The first-order chi connectivity index (χ1) is 9.65. The summed E-state index contributed by atoms with van der Waals surface area (Å²) in [5.74, 6) is -0.851. The Morgan fingerprint density at radius 3 is 2.95 bits per heavy atom. The van der Waals surface area contributed by atoms with Gasteiger partial charge in [0.25, 0.3) is 0 Å². The van der Waals surface area contributed by atoms with Crippen LogP contribution < -0.4 is 0 Å². The maximum atomic E-state index is 13.3. The first-order valence-corrected chi connectivity index (χ1v) is 6.16. The van der Waals surface area contributed by atoms with Gasteiger partial charge < -0.3 is 9.30 Å². The lowest BCUT2D eigenvalue weighted by atomic mass is 10.1. The minimum atomic E-state index is -0.438. The highest BCUT2D eigenvalue weighted by molar-refractivity contribution is 5.87. The van der Waals surface area contributed by atoms with Crippen LogP contribution >= 0.6 is 0 Å². The molecule has 0 bridgehead atoms. The van der Waals surface area contributed by atoms with Crippen molar-refractivity contribution >= 4 is 5.97 Å². The summed E-state index contributed by atoms with van der Waals surface area (Å²) >= 11 is 0. The summed E-state index contributed by atoms with van der Waals surface area (Å²) in [6.07, 6.45) is 1.69. The number of benzene rings is 1. The van der Waals surface area contributed by atoms with E-state index in [-0.39, 0.29) is 13.2 Å². The van der Waals surface area contributed by atoms with E-state index in [1.807, 2.05) is 6.07 Å². The molecule has 1 aromatic heterocycles. The zero-order chi connectivity index (χ0) is 14.5. The second-order valence-electron chi connectivity index (χ2n) is 4.16. The standard InChI is InChI=1S/C15H13FN2O2/c1-2-20-15(19)14-4-3-7-18(14)10-12-8-13(16)6-5-11(12)9-17/h3-8H,2,10H2,1H3. The van der Waals surface area contributed by atoms with E-state index in [4.69, 9.17) is 10.00 Å². The topological polar surface area (TPSA) is 55.0 Å². The zero-order valence-corrected chi connectivity index (χ0v) is 11.0. The predicted molar refractivity (Wildman–Crippen MR) is 70.6 cm³/mol. The van der Waals surface area contributed by atoms with E-state index in [1.54, 1.807) is 29.8 Å². The Morgan fingerprint density at radius 2 is 2.25 bits per heavy atom. The molecule has 2 rings (SSSR count). The van der Waals surface area contributed by atoms with Gasteiger partial charge in [0.05, 0.1) is 18.2 Å². The van der Waals surface area contributed by atoms with E-state index in [0.29, 0.717) is 16.8 Å². The molecule has 2 aromatic rings. The Balaban J connectivity index is 2.32. The number of nitriles is 1. The lowest BCUT2D eigenvalue weighted by Gasteiger charge is -2.10. The van der Waals surface area contributed by atoms with Crippen molar-refractivity contribution in [3.8, 4) is 6.07 Å². The van der Waals surface area contributed by atoms with Gasteiger partial charge in [-0.15, -0.1) is 0 Å². The molecule has 20 heavy (non-hydrogen) atoms. The summed E-state index contributed by atoms with van der Waals surface area (Å²) < 4.78 is 19.9. The van der Waals surface area contributed by atoms with Crippen LogP contribution in [0.1, 0.15) is 28.5 Å². The smallest absolute Gasteiger partial charge is 0.354 e. The lowest BCUT2D eigenvalue weighted by Crippen LogP contribution is -2.13. The largest absolute Gasteiger partial charge is 0.461 e. The van der Waals surface area contributed by atoms with Gasteiger partial charge in [-0.2, -0.15) is 5.26 Å². The molecule has 1 heterocycles. The first kappa shape index (κ1) is 13.8. The van der Waals surface area contributed by atoms with Crippen molar-refractivity contribution in [2.75, 3.05) is 6.61 Å². The van der Waals surface area contributed by atoms with Gasteiger partial charge in [-0.3, -0.25) is 0 Å². The van der Waals surface area contributed by atoms with Gasteiger partial charge in [-0.1, -0.05) is 0 Å². The van der Waals surface area contributed by atoms with Crippen LogP contribution in [-0.4, -0.2) is 17.1 Å². The highest BCUT2D eigenvalue weighted by Gasteiger charge is 2.13. The van der Waals surface area contributed by atoms with Gasteiger partial charge in [0.1, 0.15) is 11.5 Å². The Morgan fingerprint density at radius 1 is 1.45 bits per heavy atom. The Bertz CT molecular complexity index is 671. The van der Waals surface area contributed by atoms with Crippen molar-refractivity contribution in [3.05, 3.63) is 59.2 Å². The molecule has 0 saturated carbocycles. The Kier molecular flexibility index (Phi) is 4.16. The molecule has 0 unspecified atom stereocenters. The highest BCUT2D eigenvalue weighted by atomic mass is 19.1. The second-order valence-corrected chi connectivity index (χ2v) is 4.16. The summed E-state index contributed by atoms with van der Waals surface area (Å²) in [5, 5.41) is 9.03. The third kappa shape index (κ3) is 2.86. The van der Waals surface area contributed by atoms with Gasteiger partial charge in [0.2, 0.25) is 0 Å². The highest BCUT2D eigenvalue weighted by Crippen LogP contribution is 2.14. The van der Waals surface area contributed by atoms with Crippen LogP contribution in [-0.2, 0) is 11.3 Å². The molecule has 4 nitrogen and oxygen atoms in total. The molecular weight excluding hydrogens is 259 g/mol. The van der Waals surface area contributed by atoms with Crippen LogP contribution in [0.3, 0.4) is 0 Å². The van der Waals surface area contributed by atoms with E-state index in [1.165, 1.54) is 18.2 Å². The third-order valence-electron chi connectivity index (χ3n) is 2.84. The third-order valence-corrected chi connectivity index (χ3v) is 2.84. The molecule has 0 fully saturated rings. The summed E-state index contributed by atoms with van der Waals surface area (Å²) in [6, 6.07) is 9.32. The van der Waals surface area contributed by atoms with Crippen molar-refractivity contribution in [1.29, 1.82) is 5.26 Å². The normalized spacial score (nSPS) is 10.1. The Labute approximate surface area is 116 Å². The minimum Gasteiger partial charge on any atom is -0.461 e. The summed E-state index contributed by atoms with van der Waals surface area (Å²) in [4.78, 5) is 11.8. The average molecular weight is 272 g/mol. The minimum absolute atomic E-state index is 0.238. The molecule has 0 amide bonds. The molecule has 5 heteroatoms. The molecule has 0 atom stereocenters. The molecule has 0 aliphatic heterocycles. The fourth-order valence-corrected chi connectivity index (χ4v) is 1.93. The Hall–Kier alpha value is -2.61. The van der Waals surface area contributed by atoms with Gasteiger partial charge in [0.15, 0.2) is 0 Å². The fraction of sp³-hybridized carbons (Fsp3) is 0.200. The molecule has 0 radical (unpaired) electrons. The van der Waals surface area contributed by atoms with Crippen LogP contribution in [0.25, 0.3) is 0 Å². The van der Waals surface area contributed by atoms with E-state index >= 15 is 0 Å². The van der Waals surface area contributed by atoms with E-state index in [0.717, 1.165) is 0 Å². The molecule has 1 aromatic carbocycles. The van der Waals surface area contributed by atoms with Gasteiger partial charge >= 0.3 is 5.97 Å². The number of nitrogens with zero attached hydrogens (tertiary/aromatic N) is 2. The maximum absolute atomic E-state index is 13.3. The maximum Gasteiger partial charge on any atom is 0.354 e. The number of carbonyl (C=O) groups excluding carboxylic acids is 1. The van der Waals surface area contributed by atoms with Crippen LogP contribution in [0.4, 0.5) is 4.39 Å². The predicted octanol–water partition coefficient (Wildman–Crippen LogP) is 2.72. The lowest BCUT2D eigenvalue weighted by molar-refractivity contribution is 0.0514. The van der Waals surface area contributed by atoms with Crippen molar-refractivity contribution in [2.24, 2.45) is 0 Å². The second kappa shape index (κ2) is 6.02. The molecule has 0 N–H and O–H groups in total. The summed E-state index contributed by atoms with van der Waals surface area (Å²) in [5.41, 5.74) is 1.28. The number of carbonyl (C=O) groups is 1. The van der Waals surface area contributed by atoms with Gasteiger partial charge in [-0.25, -0.2) is 9.18 Å². The van der Waals surface area contributed by atoms with Crippen LogP contribution in [0, 0.1) is 17.1 Å². The van der Waals surface area contributed by atoms with E-state index < -0.39 is 11.8 Å². The van der Waals surface area contributed by atoms with Crippen molar-refractivity contribution in [1.82, 2.24) is 4.57 Å². The molecule has 102 valence electrons. The fourth-order valence-electron chi connectivity index (χ4n) is 1.93. The van der Waals surface area contributed by atoms with Crippen LogP contribution in [0.2, 0.25) is 0 Å². The number of ether oxygens (including phenoxy) is 1. The number of esters is 1. The van der Waals surface area contributed by atoms with E-state index in [9.17, 15) is 9.18 Å². The van der Waals surface area contributed by atoms with Crippen molar-refractivity contribution in [3.63, 3.8) is 0 Å². The summed E-state index contributed by atoms with van der Waals surface area (Å²) in [6.45, 7) is 2.25.